The average molecular weight is 702 g/mol. The lowest BCUT2D eigenvalue weighted by Gasteiger charge is -2.24. The van der Waals surface area contributed by atoms with Gasteiger partial charge >= 0.3 is 0 Å². The van der Waals surface area contributed by atoms with Crippen LogP contribution in [0.3, 0.4) is 0 Å². The van der Waals surface area contributed by atoms with Gasteiger partial charge in [-0.1, -0.05) is 69.6 Å². The number of hydrogen-bond acceptors (Lipinski definition) is 10. The number of carbonyl (C=O) groups excluding carboxylic acids is 1. The molecular formula is C40H53N4O7+. The molecule has 6 atom stereocenters. The number of allylic oxidation sites excluding steroid dienone is 1. The van der Waals surface area contributed by atoms with Crippen LogP contribution in [0.25, 0.3) is 0 Å². The molecule has 0 amide bonds. The molecule has 1 unspecified atom stereocenters. The number of carbonyl (C=O) groups is 1. The number of aromatic hydroxyl groups is 2. The van der Waals surface area contributed by atoms with Crippen LogP contribution >= 0.6 is 0 Å². The summed E-state index contributed by atoms with van der Waals surface area (Å²) in [6, 6.07) is 8.28. The van der Waals surface area contributed by atoms with Crippen LogP contribution in [-0.2, 0) is 17.6 Å². The lowest BCUT2D eigenvalue weighted by atomic mass is 9.85. The summed E-state index contributed by atoms with van der Waals surface area (Å²) in [6.07, 6.45) is 5.61. The summed E-state index contributed by atoms with van der Waals surface area (Å²) < 4.78 is 6.41. The van der Waals surface area contributed by atoms with E-state index in [1.54, 1.807) is 18.2 Å². The number of phenols is 2. The van der Waals surface area contributed by atoms with Gasteiger partial charge < -0.3 is 41.7 Å². The van der Waals surface area contributed by atoms with E-state index in [1.807, 2.05) is 25.4 Å². The molecule has 274 valence electrons. The van der Waals surface area contributed by atoms with Crippen LogP contribution in [0.15, 0.2) is 58.4 Å². The lowest BCUT2D eigenvalue weighted by Crippen LogP contribution is -3.11. The van der Waals surface area contributed by atoms with Gasteiger partial charge in [-0.25, -0.2) is 0 Å². The van der Waals surface area contributed by atoms with Crippen molar-refractivity contribution in [3.05, 3.63) is 75.6 Å². The molecule has 0 saturated heterocycles. The number of nitrogens with zero attached hydrogens (tertiary/aromatic N) is 1. The van der Waals surface area contributed by atoms with E-state index in [-0.39, 0.29) is 48.7 Å². The molecule has 11 nitrogen and oxygen atoms in total. The number of nitrogens with two attached hydrogens (primary N) is 2. The Balaban J connectivity index is 1.35. The SMILES string of the molecule is CCCCC[C@H](C(=O)CCc1cc(O[C@@H]2CC#C[C@H](O)c3ccc(C(N)N)cc3CC3=C4C[NH+]2C=C4N=C3)c(O)cc1O)[C@H](O)C[C@H](O)CCC. The topological polar surface area (TPSA) is 196 Å². The van der Waals surface area contributed by atoms with Crippen molar-refractivity contribution in [2.24, 2.45) is 22.4 Å². The number of phenolic OH excluding ortho intramolecular Hbond substituents is 2. The van der Waals surface area contributed by atoms with E-state index in [2.05, 4.69) is 23.8 Å². The third-order valence-corrected chi connectivity index (χ3v) is 10.1. The van der Waals surface area contributed by atoms with E-state index in [9.17, 15) is 30.3 Å². The first-order chi connectivity index (χ1) is 24.5. The Morgan fingerprint density at radius 1 is 1.08 bits per heavy atom. The first-order valence-corrected chi connectivity index (χ1v) is 18.2. The average Bonchev–Trinajstić information content (AvgIpc) is 3.68. The number of aliphatic imine (C=N–C) groups is 1. The van der Waals surface area contributed by atoms with Crippen LogP contribution in [0, 0.1) is 17.8 Å². The minimum absolute atomic E-state index is 0.0703. The van der Waals surface area contributed by atoms with Crippen molar-refractivity contribution in [3.8, 4) is 29.1 Å². The highest BCUT2D eigenvalue weighted by Crippen LogP contribution is 2.36. The van der Waals surface area contributed by atoms with Gasteiger partial charge in [0.2, 0.25) is 6.23 Å². The van der Waals surface area contributed by atoms with E-state index in [0.29, 0.717) is 36.9 Å². The maximum absolute atomic E-state index is 13.5. The van der Waals surface area contributed by atoms with Crippen LogP contribution in [0.2, 0.25) is 0 Å². The fourth-order valence-corrected chi connectivity index (χ4v) is 7.19. The maximum atomic E-state index is 13.5. The number of aliphatic hydroxyl groups excluding tert-OH is 3. The second kappa shape index (κ2) is 17.5. The van der Waals surface area contributed by atoms with E-state index >= 15 is 0 Å². The fraction of sp³-hybridized carbons (Fsp3) is 0.500. The van der Waals surface area contributed by atoms with Gasteiger partial charge in [0, 0.05) is 30.2 Å². The molecule has 0 aromatic heterocycles. The number of rotatable bonds is 16. The number of hydrogen-bond donors (Lipinski definition) is 8. The Morgan fingerprint density at radius 3 is 2.63 bits per heavy atom. The van der Waals surface area contributed by atoms with Crippen molar-refractivity contribution in [1.29, 1.82) is 0 Å². The summed E-state index contributed by atoms with van der Waals surface area (Å²) in [5.41, 5.74) is 17.5. The number of ketones is 1. The summed E-state index contributed by atoms with van der Waals surface area (Å²) in [5, 5.41) is 54.0. The van der Waals surface area contributed by atoms with Gasteiger partial charge in [-0.2, -0.15) is 0 Å². The van der Waals surface area contributed by atoms with Crippen LogP contribution in [0.4, 0.5) is 0 Å². The Kier molecular flexibility index (Phi) is 13.1. The number of aliphatic hydroxyl groups is 3. The van der Waals surface area contributed by atoms with Gasteiger partial charge in [0.05, 0.1) is 18.4 Å². The first kappa shape index (κ1) is 38.2. The highest BCUT2D eigenvalue weighted by Gasteiger charge is 2.35. The number of unbranched alkanes of at least 4 members (excludes halogenated alkanes) is 2. The van der Waals surface area contributed by atoms with E-state index < -0.39 is 36.6 Å². The zero-order chi connectivity index (χ0) is 36.7. The smallest absolute Gasteiger partial charge is 0.247 e. The van der Waals surface area contributed by atoms with Crippen LogP contribution in [0.1, 0.15) is 106 Å². The van der Waals surface area contributed by atoms with E-state index in [0.717, 1.165) is 58.6 Å². The summed E-state index contributed by atoms with van der Waals surface area (Å²) in [6.45, 7) is 4.61. The molecule has 0 aliphatic carbocycles. The molecule has 0 spiro atoms. The summed E-state index contributed by atoms with van der Waals surface area (Å²) >= 11 is 0. The fourth-order valence-electron chi connectivity index (χ4n) is 7.19. The number of fused-ring (bicyclic) bond motifs is 2. The monoisotopic (exact) mass is 701 g/mol. The molecule has 2 bridgehead atoms. The summed E-state index contributed by atoms with van der Waals surface area (Å²) in [4.78, 5) is 19.0. The Bertz CT molecular complexity index is 1720. The molecule has 2 aromatic rings. The zero-order valence-corrected chi connectivity index (χ0v) is 29.6. The van der Waals surface area contributed by atoms with Crippen molar-refractivity contribution < 1.29 is 40.0 Å². The zero-order valence-electron chi connectivity index (χ0n) is 29.6. The number of Topliss-reactive ketones (excluding diaryl/α,β-unsaturated/α-hetero) is 1. The predicted molar refractivity (Wildman–Crippen MR) is 195 cm³/mol. The van der Waals surface area contributed by atoms with Gasteiger partial charge in [-0.05, 0) is 66.0 Å². The Labute approximate surface area is 300 Å². The minimum Gasteiger partial charge on any atom is -0.508 e. The van der Waals surface area contributed by atoms with Gasteiger partial charge in [-0.3, -0.25) is 14.7 Å². The highest BCUT2D eigenvalue weighted by molar-refractivity contribution is 5.87. The Morgan fingerprint density at radius 2 is 1.88 bits per heavy atom. The number of ether oxygens (including phenoxy) is 1. The highest BCUT2D eigenvalue weighted by atomic mass is 16.5. The number of nitrogens with one attached hydrogen (secondary N) is 1. The van der Waals surface area contributed by atoms with Crippen LogP contribution < -0.4 is 21.1 Å². The van der Waals surface area contributed by atoms with Crippen molar-refractivity contribution >= 4 is 12.0 Å². The quantitative estimate of drug-likeness (QED) is 0.0737. The number of benzene rings is 2. The second-order valence-corrected chi connectivity index (χ2v) is 14.0. The molecule has 51 heavy (non-hydrogen) atoms. The third-order valence-electron chi connectivity index (χ3n) is 10.1. The molecule has 0 fully saturated rings. The molecule has 11 heteroatoms. The standard InChI is InChI=1S/C40H52N4O7/c1-3-5-6-9-30(36(49)19-28(45)8-4-2)34(47)15-13-24-18-38(37(50)20-35(24)48)51-39-11-7-10-33(46)29-14-12-25(40(41)42)16-26(29)17-27-21-43-32-23-44(39)22-31(27)32/h12,14,16,18,20-21,23,28,30,33,36,39-40,45-46,48-50H,3-6,8-9,11,13,15,17,19,22,41-42H2,1-2H3/p+1/t28-,30-,33+,36-,39-/m1/s1. The maximum Gasteiger partial charge on any atom is 0.247 e. The van der Waals surface area contributed by atoms with Gasteiger partial charge in [0.1, 0.15) is 42.5 Å². The van der Waals surface area contributed by atoms with Gasteiger partial charge in [0.25, 0.3) is 0 Å². The normalized spacial score (nSPS) is 21.3. The van der Waals surface area contributed by atoms with E-state index in [1.165, 1.54) is 6.07 Å². The largest absolute Gasteiger partial charge is 0.508 e. The van der Waals surface area contributed by atoms with Crippen molar-refractivity contribution in [1.82, 2.24) is 0 Å². The third kappa shape index (κ3) is 9.46. The molecule has 5 rings (SSSR count). The van der Waals surface area contributed by atoms with Crippen molar-refractivity contribution in [2.75, 3.05) is 6.54 Å². The molecule has 0 radical (unpaired) electrons. The predicted octanol–water partition coefficient (Wildman–Crippen LogP) is 3.13. The van der Waals surface area contributed by atoms with Crippen molar-refractivity contribution in [3.63, 3.8) is 0 Å². The van der Waals surface area contributed by atoms with Gasteiger partial charge in [0.15, 0.2) is 11.5 Å². The van der Waals surface area contributed by atoms with Gasteiger partial charge in [-0.15, -0.1) is 0 Å². The van der Waals surface area contributed by atoms with Crippen LogP contribution in [0.5, 0.6) is 17.2 Å². The van der Waals surface area contributed by atoms with E-state index in [4.69, 9.17) is 16.2 Å². The molecule has 2 aromatic carbocycles. The second-order valence-electron chi connectivity index (χ2n) is 14.0. The molecule has 10 N–H and O–H groups in total. The van der Waals surface area contributed by atoms with Crippen molar-refractivity contribution in [2.45, 2.75) is 115 Å². The van der Waals surface area contributed by atoms with Crippen LogP contribution in [-0.4, -0.2) is 62.5 Å². The summed E-state index contributed by atoms with van der Waals surface area (Å²) in [5.74, 6) is 5.01. The Hall–Kier alpha value is -4.02. The number of quaternary nitrogens is 1. The first-order valence-electron chi connectivity index (χ1n) is 18.2. The molecular weight excluding hydrogens is 648 g/mol. The minimum atomic E-state index is -1.06. The number of aryl methyl sites for hydroxylation is 1. The molecule has 0 saturated carbocycles. The molecule has 3 heterocycles. The summed E-state index contributed by atoms with van der Waals surface area (Å²) in [7, 11) is 0. The molecule has 3 aliphatic heterocycles. The molecule has 3 aliphatic rings. The lowest BCUT2D eigenvalue weighted by molar-refractivity contribution is -0.885.